The molecule has 5 heteroatoms. The van der Waals surface area contributed by atoms with Crippen molar-refractivity contribution in [1.82, 2.24) is 4.90 Å². The molecule has 0 atom stereocenters. The molecule has 1 heterocycles. The summed E-state index contributed by atoms with van der Waals surface area (Å²) in [5.41, 5.74) is 1.24. The molecule has 1 aromatic carbocycles. The Balaban J connectivity index is 1.92. The zero-order valence-corrected chi connectivity index (χ0v) is 11.8. The number of hydrogen-bond acceptors (Lipinski definition) is 4. The van der Waals surface area contributed by atoms with Crippen LogP contribution in [0.5, 0.6) is 0 Å². The average Bonchev–Trinajstić information content (AvgIpc) is 2.48. The van der Waals surface area contributed by atoms with E-state index in [0.717, 1.165) is 51.6 Å². The Morgan fingerprint density at radius 2 is 2.05 bits per heavy atom. The highest BCUT2D eigenvalue weighted by Gasteiger charge is 2.19. The molecule has 1 aliphatic heterocycles. The summed E-state index contributed by atoms with van der Waals surface area (Å²) in [6.45, 7) is 8.03. The number of nitrogens with zero attached hydrogens (tertiary/aromatic N) is 3. The molecule has 0 radical (unpaired) electrons. The predicted molar refractivity (Wildman–Crippen MR) is 76.3 cm³/mol. The van der Waals surface area contributed by atoms with Gasteiger partial charge in [-0.25, -0.2) is 4.39 Å². The summed E-state index contributed by atoms with van der Waals surface area (Å²) in [4.78, 5) is 4.50. The third kappa shape index (κ3) is 3.69. The van der Waals surface area contributed by atoms with Crippen molar-refractivity contribution in [3.63, 3.8) is 0 Å². The van der Waals surface area contributed by atoms with Crippen LogP contribution in [-0.2, 0) is 4.74 Å². The van der Waals surface area contributed by atoms with Crippen LogP contribution < -0.4 is 4.90 Å². The van der Waals surface area contributed by atoms with Gasteiger partial charge in [0.2, 0.25) is 0 Å². The SMILES string of the molecule is CCOCCN1CCN(c2ccc(F)cc2C#N)CC1. The van der Waals surface area contributed by atoms with Gasteiger partial charge in [0.1, 0.15) is 11.9 Å². The van der Waals surface area contributed by atoms with E-state index in [1.807, 2.05) is 6.92 Å². The minimum Gasteiger partial charge on any atom is -0.380 e. The van der Waals surface area contributed by atoms with Gasteiger partial charge in [0.25, 0.3) is 0 Å². The van der Waals surface area contributed by atoms with Crippen LogP contribution >= 0.6 is 0 Å². The second-order valence-corrected chi connectivity index (χ2v) is 4.80. The largest absolute Gasteiger partial charge is 0.380 e. The van der Waals surface area contributed by atoms with Crippen molar-refractivity contribution >= 4 is 5.69 Å². The third-order valence-corrected chi connectivity index (χ3v) is 3.55. The van der Waals surface area contributed by atoms with Crippen molar-refractivity contribution < 1.29 is 9.13 Å². The Hall–Kier alpha value is -1.64. The van der Waals surface area contributed by atoms with Gasteiger partial charge in [-0.15, -0.1) is 0 Å². The zero-order valence-electron chi connectivity index (χ0n) is 11.8. The number of benzene rings is 1. The number of halogens is 1. The highest BCUT2D eigenvalue weighted by atomic mass is 19.1. The first-order chi connectivity index (χ1) is 9.74. The Labute approximate surface area is 119 Å². The van der Waals surface area contributed by atoms with Crippen LogP contribution in [0.3, 0.4) is 0 Å². The summed E-state index contributed by atoms with van der Waals surface area (Å²) in [7, 11) is 0. The van der Waals surface area contributed by atoms with Crippen molar-refractivity contribution in [2.45, 2.75) is 6.92 Å². The minimum atomic E-state index is -0.361. The van der Waals surface area contributed by atoms with E-state index in [4.69, 9.17) is 10.00 Å². The molecule has 1 saturated heterocycles. The van der Waals surface area contributed by atoms with Crippen LogP contribution in [0, 0.1) is 17.1 Å². The second kappa shape index (κ2) is 7.22. The number of ether oxygens (including phenoxy) is 1. The lowest BCUT2D eigenvalue weighted by Gasteiger charge is -2.36. The molecule has 0 saturated carbocycles. The monoisotopic (exact) mass is 277 g/mol. The van der Waals surface area contributed by atoms with Gasteiger partial charge in [-0.05, 0) is 25.1 Å². The normalized spacial score (nSPS) is 16.1. The van der Waals surface area contributed by atoms with E-state index in [0.29, 0.717) is 5.56 Å². The number of piperazine rings is 1. The van der Waals surface area contributed by atoms with E-state index in [1.165, 1.54) is 12.1 Å². The highest BCUT2D eigenvalue weighted by molar-refractivity contribution is 5.59. The minimum absolute atomic E-state index is 0.361. The van der Waals surface area contributed by atoms with Crippen LogP contribution in [-0.4, -0.2) is 50.8 Å². The summed E-state index contributed by atoms with van der Waals surface area (Å²) in [5.74, 6) is -0.361. The van der Waals surface area contributed by atoms with Crippen molar-refractivity contribution in [2.75, 3.05) is 50.8 Å². The van der Waals surface area contributed by atoms with Gasteiger partial charge in [-0.3, -0.25) is 4.90 Å². The van der Waals surface area contributed by atoms with E-state index < -0.39 is 0 Å². The molecule has 1 fully saturated rings. The topological polar surface area (TPSA) is 39.5 Å². The zero-order chi connectivity index (χ0) is 14.4. The smallest absolute Gasteiger partial charge is 0.124 e. The Bertz CT molecular complexity index is 478. The molecule has 2 rings (SSSR count). The van der Waals surface area contributed by atoms with Crippen LogP contribution in [0.25, 0.3) is 0 Å². The summed E-state index contributed by atoms with van der Waals surface area (Å²) in [5, 5.41) is 9.10. The van der Waals surface area contributed by atoms with Gasteiger partial charge in [-0.1, -0.05) is 0 Å². The fourth-order valence-corrected chi connectivity index (χ4v) is 2.42. The maximum atomic E-state index is 13.1. The quantitative estimate of drug-likeness (QED) is 0.770. The molecule has 0 unspecified atom stereocenters. The molecular formula is C15H20FN3O. The number of anilines is 1. The molecule has 0 spiro atoms. The molecule has 0 N–H and O–H groups in total. The molecule has 1 aromatic rings. The van der Waals surface area contributed by atoms with Crippen molar-refractivity contribution in [1.29, 1.82) is 5.26 Å². The Kier molecular flexibility index (Phi) is 5.33. The second-order valence-electron chi connectivity index (χ2n) is 4.80. The Morgan fingerprint density at radius 1 is 1.30 bits per heavy atom. The standard InChI is InChI=1S/C15H20FN3O/c1-2-20-10-9-18-5-7-19(8-6-18)15-4-3-14(16)11-13(15)12-17/h3-4,11H,2,5-10H2,1H3. The Morgan fingerprint density at radius 3 is 2.70 bits per heavy atom. The molecule has 20 heavy (non-hydrogen) atoms. The number of hydrogen-bond donors (Lipinski definition) is 0. The number of nitriles is 1. The molecule has 0 aromatic heterocycles. The first-order valence-corrected chi connectivity index (χ1v) is 6.99. The molecule has 0 bridgehead atoms. The van der Waals surface area contributed by atoms with Gasteiger partial charge in [-0.2, -0.15) is 5.26 Å². The van der Waals surface area contributed by atoms with Crippen LogP contribution in [0.1, 0.15) is 12.5 Å². The van der Waals surface area contributed by atoms with Crippen LogP contribution in [0.2, 0.25) is 0 Å². The summed E-state index contributed by atoms with van der Waals surface area (Å²) < 4.78 is 18.5. The van der Waals surface area contributed by atoms with E-state index in [1.54, 1.807) is 6.07 Å². The molecule has 108 valence electrons. The molecule has 1 aliphatic rings. The first-order valence-electron chi connectivity index (χ1n) is 6.99. The number of rotatable bonds is 5. The van der Waals surface area contributed by atoms with E-state index in [9.17, 15) is 4.39 Å². The highest BCUT2D eigenvalue weighted by Crippen LogP contribution is 2.22. The van der Waals surface area contributed by atoms with Crippen molar-refractivity contribution in [3.8, 4) is 6.07 Å². The van der Waals surface area contributed by atoms with Gasteiger partial charge >= 0.3 is 0 Å². The first kappa shape index (κ1) is 14.8. The summed E-state index contributed by atoms with van der Waals surface area (Å²) in [6.07, 6.45) is 0. The van der Waals surface area contributed by atoms with E-state index in [-0.39, 0.29) is 5.82 Å². The van der Waals surface area contributed by atoms with Gasteiger partial charge < -0.3 is 9.64 Å². The molecular weight excluding hydrogens is 257 g/mol. The van der Waals surface area contributed by atoms with Gasteiger partial charge in [0.15, 0.2) is 0 Å². The molecule has 0 aliphatic carbocycles. The van der Waals surface area contributed by atoms with Crippen molar-refractivity contribution in [3.05, 3.63) is 29.6 Å². The van der Waals surface area contributed by atoms with E-state index in [2.05, 4.69) is 15.9 Å². The van der Waals surface area contributed by atoms with Crippen LogP contribution in [0.4, 0.5) is 10.1 Å². The maximum Gasteiger partial charge on any atom is 0.124 e. The third-order valence-electron chi connectivity index (χ3n) is 3.55. The van der Waals surface area contributed by atoms with Crippen molar-refractivity contribution in [2.24, 2.45) is 0 Å². The predicted octanol–water partition coefficient (Wildman–Crippen LogP) is 1.86. The van der Waals surface area contributed by atoms with Crippen LogP contribution in [0.15, 0.2) is 18.2 Å². The fourth-order valence-electron chi connectivity index (χ4n) is 2.42. The lowest BCUT2D eigenvalue weighted by atomic mass is 10.1. The fraction of sp³-hybridized carbons (Fsp3) is 0.533. The maximum absolute atomic E-state index is 13.1. The molecule has 0 amide bonds. The lowest BCUT2D eigenvalue weighted by Crippen LogP contribution is -2.47. The van der Waals surface area contributed by atoms with E-state index >= 15 is 0 Å². The van der Waals surface area contributed by atoms with Gasteiger partial charge in [0, 0.05) is 39.3 Å². The molecule has 4 nitrogen and oxygen atoms in total. The lowest BCUT2D eigenvalue weighted by molar-refractivity contribution is 0.111. The summed E-state index contributed by atoms with van der Waals surface area (Å²) in [6, 6.07) is 6.49. The van der Waals surface area contributed by atoms with Gasteiger partial charge in [0.05, 0.1) is 17.9 Å². The average molecular weight is 277 g/mol. The summed E-state index contributed by atoms with van der Waals surface area (Å²) >= 11 is 0.